The molecule has 0 aliphatic heterocycles. The first-order chi connectivity index (χ1) is 9.86. The Morgan fingerprint density at radius 1 is 1.24 bits per heavy atom. The van der Waals surface area contributed by atoms with Gasteiger partial charge in [0, 0.05) is 12.1 Å². The Kier molecular flexibility index (Phi) is 5.25. The average molecular weight is 303 g/mol. The fourth-order valence-corrected chi connectivity index (χ4v) is 3.09. The lowest BCUT2D eigenvalue weighted by Gasteiger charge is -2.33. The second-order valence-corrected chi connectivity index (χ2v) is 5.97. The van der Waals surface area contributed by atoms with Gasteiger partial charge in [-0.05, 0) is 44.2 Å². The van der Waals surface area contributed by atoms with Crippen molar-refractivity contribution >= 4 is 0 Å². The third-order valence-electron chi connectivity index (χ3n) is 4.14. The van der Waals surface area contributed by atoms with Gasteiger partial charge in [0.1, 0.15) is 5.82 Å². The highest BCUT2D eigenvalue weighted by Gasteiger charge is 2.42. The summed E-state index contributed by atoms with van der Waals surface area (Å²) in [7, 11) is 0. The summed E-state index contributed by atoms with van der Waals surface area (Å²) in [5.74, 6) is -1.47. The van der Waals surface area contributed by atoms with Gasteiger partial charge in [0.05, 0.1) is 5.92 Å². The Labute approximate surface area is 122 Å². The molecule has 3 unspecified atom stereocenters. The average Bonchev–Trinajstić information content (AvgIpc) is 2.41. The van der Waals surface area contributed by atoms with E-state index >= 15 is 0 Å². The molecule has 3 atom stereocenters. The normalized spacial score (nSPS) is 24.8. The molecule has 1 aliphatic carbocycles. The smallest absolute Gasteiger partial charge is 0.311 e. The van der Waals surface area contributed by atoms with Crippen molar-refractivity contribution < 1.29 is 17.6 Å². The molecule has 1 saturated carbocycles. The van der Waals surface area contributed by atoms with Crippen molar-refractivity contribution in [2.24, 2.45) is 5.92 Å². The van der Waals surface area contributed by atoms with E-state index in [9.17, 15) is 17.6 Å². The number of hydrogen-bond acceptors (Lipinski definition) is 1. The number of halogens is 4. The quantitative estimate of drug-likeness (QED) is 0.809. The molecular weight excluding hydrogens is 282 g/mol. The summed E-state index contributed by atoms with van der Waals surface area (Å²) in [6.07, 6.45) is -1.91. The highest BCUT2D eigenvalue weighted by Crippen LogP contribution is 2.37. The molecule has 0 aromatic heterocycles. The van der Waals surface area contributed by atoms with Crippen molar-refractivity contribution in [3.8, 4) is 0 Å². The largest absolute Gasteiger partial charge is 0.391 e. The van der Waals surface area contributed by atoms with E-state index in [0.717, 1.165) is 6.42 Å². The Balaban J connectivity index is 1.88. The van der Waals surface area contributed by atoms with Crippen molar-refractivity contribution in [1.29, 1.82) is 0 Å². The van der Waals surface area contributed by atoms with Crippen LogP contribution >= 0.6 is 0 Å². The van der Waals surface area contributed by atoms with Gasteiger partial charge in [0.2, 0.25) is 0 Å². The zero-order valence-corrected chi connectivity index (χ0v) is 12.1. The zero-order chi connectivity index (χ0) is 15.5. The van der Waals surface area contributed by atoms with E-state index in [1.165, 1.54) is 6.07 Å². The third-order valence-corrected chi connectivity index (χ3v) is 4.14. The van der Waals surface area contributed by atoms with E-state index in [4.69, 9.17) is 0 Å². The van der Waals surface area contributed by atoms with Crippen LogP contribution in [0.25, 0.3) is 0 Å². The topological polar surface area (TPSA) is 12.0 Å². The Morgan fingerprint density at radius 3 is 2.62 bits per heavy atom. The molecule has 1 N–H and O–H groups in total. The van der Waals surface area contributed by atoms with E-state index in [1.54, 1.807) is 18.2 Å². The molecule has 0 amide bonds. The van der Waals surface area contributed by atoms with Crippen LogP contribution in [0.3, 0.4) is 0 Å². The van der Waals surface area contributed by atoms with Gasteiger partial charge in [-0.25, -0.2) is 4.39 Å². The molecule has 0 saturated heterocycles. The molecule has 1 fully saturated rings. The van der Waals surface area contributed by atoms with Crippen molar-refractivity contribution in [2.45, 2.75) is 57.3 Å². The SMILES string of the molecule is CC(Cc1ccccc1F)NC1CCCC(C(F)(F)F)C1. The Morgan fingerprint density at radius 2 is 1.95 bits per heavy atom. The maximum absolute atomic E-state index is 13.6. The van der Waals surface area contributed by atoms with E-state index in [0.29, 0.717) is 18.4 Å². The lowest BCUT2D eigenvalue weighted by Crippen LogP contribution is -2.43. The van der Waals surface area contributed by atoms with Crippen molar-refractivity contribution in [1.82, 2.24) is 5.32 Å². The fourth-order valence-electron chi connectivity index (χ4n) is 3.09. The summed E-state index contributed by atoms with van der Waals surface area (Å²) in [4.78, 5) is 0. The van der Waals surface area contributed by atoms with Crippen LogP contribution in [0.1, 0.15) is 38.2 Å². The van der Waals surface area contributed by atoms with Gasteiger partial charge in [0.15, 0.2) is 0 Å². The number of hydrogen-bond donors (Lipinski definition) is 1. The summed E-state index contributed by atoms with van der Waals surface area (Å²) in [6.45, 7) is 1.89. The molecule has 5 heteroatoms. The zero-order valence-electron chi connectivity index (χ0n) is 12.1. The maximum Gasteiger partial charge on any atom is 0.391 e. The summed E-state index contributed by atoms with van der Waals surface area (Å²) >= 11 is 0. The monoisotopic (exact) mass is 303 g/mol. The highest BCUT2D eigenvalue weighted by atomic mass is 19.4. The van der Waals surface area contributed by atoms with E-state index in [2.05, 4.69) is 5.32 Å². The molecule has 0 radical (unpaired) electrons. The van der Waals surface area contributed by atoms with Gasteiger partial charge < -0.3 is 5.32 Å². The molecule has 1 aromatic rings. The molecule has 0 heterocycles. The van der Waals surface area contributed by atoms with Gasteiger partial charge >= 0.3 is 6.18 Å². The van der Waals surface area contributed by atoms with Gasteiger partial charge in [0.25, 0.3) is 0 Å². The van der Waals surface area contributed by atoms with Crippen LogP contribution in [0.15, 0.2) is 24.3 Å². The predicted molar refractivity (Wildman–Crippen MR) is 74.5 cm³/mol. The second kappa shape index (κ2) is 6.77. The molecule has 0 bridgehead atoms. The number of rotatable bonds is 4. The lowest BCUT2D eigenvalue weighted by atomic mass is 9.85. The van der Waals surface area contributed by atoms with Crippen LogP contribution in [-0.2, 0) is 6.42 Å². The number of nitrogens with one attached hydrogen (secondary N) is 1. The summed E-state index contributed by atoms with van der Waals surface area (Å²) in [6, 6.07) is 6.35. The van der Waals surface area contributed by atoms with E-state index in [1.807, 2.05) is 6.92 Å². The van der Waals surface area contributed by atoms with Crippen molar-refractivity contribution in [3.05, 3.63) is 35.6 Å². The molecule has 21 heavy (non-hydrogen) atoms. The first-order valence-electron chi connectivity index (χ1n) is 7.42. The van der Waals surface area contributed by atoms with Gasteiger partial charge in [-0.2, -0.15) is 13.2 Å². The van der Waals surface area contributed by atoms with Crippen LogP contribution in [-0.4, -0.2) is 18.3 Å². The Hall–Kier alpha value is -1.10. The predicted octanol–water partition coefficient (Wildman–Crippen LogP) is 4.47. The molecular formula is C16H21F4N. The van der Waals surface area contributed by atoms with Crippen LogP contribution in [0, 0.1) is 11.7 Å². The molecule has 2 rings (SSSR count). The lowest BCUT2D eigenvalue weighted by molar-refractivity contribution is -0.183. The van der Waals surface area contributed by atoms with E-state index < -0.39 is 12.1 Å². The standard InChI is InChI=1S/C16H21F4N/c1-11(9-12-5-2-3-8-15(12)17)21-14-7-4-6-13(10-14)16(18,19)20/h2-3,5,8,11,13-14,21H,4,6-7,9-10H2,1H3. The molecule has 118 valence electrons. The fraction of sp³-hybridized carbons (Fsp3) is 0.625. The highest BCUT2D eigenvalue weighted by molar-refractivity contribution is 5.18. The van der Waals surface area contributed by atoms with Crippen LogP contribution in [0.5, 0.6) is 0 Å². The Bertz CT molecular complexity index is 458. The molecule has 1 aliphatic rings. The summed E-state index contributed by atoms with van der Waals surface area (Å²) in [5.41, 5.74) is 0.598. The number of alkyl halides is 3. The minimum Gasteiger partial charge on any atom is -0.311 e. The van der Waals surface area contributed by atoms with Crippen molar-refractivity contribution in [2.75, 3.05) is 0 Å². The molecule has 1 nitrogen and oxygen atoms in total. The maximum atomic E-state index is 13.6. The van der Waals surface area contributed by atoms with Crippen molar-refractivity contribution in [3.63, 3.8) is 0 Å². The molecule has 0 spiro atoms. The first-order valence-corrected chi connectivity index (χ1v) is 7.42. The van der Waals surface area contributed by atoms with Gasteiger partial charge in [-0.3, -0.25) is 0 Å². The third kappa shape index (κ3) is 4.70. The first kappa shape index (κ1) is 16.3. The van der Waals surface area contributed by atoms with Crippen LogP contribution in [0.4, 0.5) is 17.6 Å². The molecule has 1 aromatic carbocycles. The van der Waals surface area contributed by atoms with Gasteiger partial charge in [-0.15, -0.1) is 0 Å². The summed E-state index contributed by atoms with van der Waals surface area (Å²) in [5, 5.41) is 3.23. The van der Waals surface area contributed by atoms with E-state index in [-0.39, 0.29) is 30.7 Å². The van der Waals surface area contributed by atoms with Crippen LogP contribution < -0.4 is 5.32 Å². The summed E-state index contributed by atoms with van der Waals surface area (Å²) < 4.78 is 51.9. The minimum atomic E-state index is -4.10. The number of benzene rings is 1. The van der Waals surface area contributed by atoms with Gasteiger partial charge in [-0.1, -0.05) is 24.6 Å². The van der Waals surface area contributed by atoms with Crippen LogP contribution in [0.2, 0.25) is 0 Å². The minimum absolute atomic E-state index is 0.0427. The second-order valence-electron chi connectivity index (χ2n) is 5.97.